The number of unbranched alkanes of at least 4 members (excludes halogenated alkanes) is 1. The van der Waals surface area contributed by atoms with E-state index in [1.54, 1.807) is 0 Å². The Morgan fingerprint density at radius 2 is 2.31 bits per heavy atom. The van der Waals surface area contributed by atoms with Crippen molar-refractivity contribution in [2.45, 2.75) is 43.4 Å². The highest BCUT2D eigenvalue weighted by Gasteiger charge is 2.42. The molecule has 0 bridgehead atoms. The lowest BCUT2D eigenvalue weighted by atomic mass is 9.94. The molecule has 2 N–H and O–H groups in total. The van der Waals surface area contributed by atoms with Crippen molar-refractivity contribution in [3.05, 3.63) is 0 Å². The smallest absolute Gasteiger partial charge is 0.303 e. The third kappa shape index (κ3) is 2.70. The van der Waals surface area contributed by atoms with Crippen LogP contribution in [0.3, 0.4) is 0 Å². The minimum absolute atomic E-state index is 0.186. The third-order valence-corrected chi connectivity index (χ3v) is 4.95. The fraction of sp³-hybridized carbons (Fsp3) is 0.818. The molecule has 3 unspecified atom stereocenters. The second kappa shape index (κ2) is 5.08. The van der Waals surface area contributed by atoms with Crippen LogP contribution < -0.4 is 5.32 Å². The summed E-state index contributed by atoms with van der Waals surface area (Å²) in [5, 5.41) is 12.1. The maximum atomic E-state index is 11.2. The van der Waals surface area contributed by atoms with Crippen molar-refractivity contribution in [2.75, 3.05) is 5.75 Å². The number of hydrogen-bond donors (Lipinski definition) is 2. The number of carboxylic acids is 1. The predicted octanol–water partition coefficient (Wildman–Crippen LogP) is 1.25. The van der Waals surface area contributed by atoms with E-state index < -0.39 is 5.97 Å². The van der Waals surface area contributed by atoms with Crippen molar-refractivity contribution in [2.24, 2.45) is 5.92 Å². The van der Waals surface area contributed by atoms with Gasteiger partial charge in [0.15, 0.2) is 0 Å². The van der Waals surface area contributed by atoms with E-state index in [1.165, 1.54) is 0 Å². The summed E-state index contributed by atoms with van der Waals surface area (Å²) in [4.78, 5) is 21.6. The average molecular weight is 243 g/mol. The van der Waals surface area contributed by atoms with Crippen molar-refractivity contribution in [1.82, 2.24) is 5.32 Å². The molecule has 2 saturated heterocycles. The monoisotopic (exact) mass is 243 g/mol. The molecular weight excluding hydrogens is 226 g/mol. The standard InChI is InChI=1S/C11H17NO3S/c13-10-5-7-8(12-10)6-16-9(7)3-1-2-4-11(14)15/h7-9H,1-6H2,(H,12,13)(H,14,15). The Labute approximate surface area is 99.2 Å². The topological polar surface area (TPSA) is 66.4 Å². The van der Waals surface area contributed by atoms with Crippen LogP contribution in [0.15, 0.2) is 0 Å². The van der Waals surface area contributed by atoms with E-state index in [9.17, 15) is 9.59 Å². The van der Waals surface area contributed by atoms with E-state index in [-0.39, 0.29) is 12.3 Å². The molecule has 5 heteroatoms. The van der Waals surface area contributed by atoms with E-state index in [2.05, 4.69) is 5.32 Å². The molecule has 4 nitrogen and oxygen atoms in total. The zero-order chi connectivity index (χ0) is 11.5. The van der Waals surface area contributed by atoms with Gasteiger partial charge in [0.1, 0.15) is 0 Å². The highest BCUT2D eigenvalue weighted by Crippen LogP contribution is 2.40. The molecule has 0 aromatic heterocycles. The average Bonchev–Trinajstić information content (AvgIpc) is 2.72. The number of aliphatic carboxylic acids is 1. The maximum Gasteiger partial charge on any atom is 0.303 e. The Morgan fingerprint density at radius 3 is 3.06 bits per heavy atom. The summed E-state index contributed by atoms with van der Waals surface area (Å²) in [5.74, 6) is 0.989. The fourth-order valence-electron chi connectivity index (χ4n) is 2.55. The van der Waals surface area contributed by atoms with Gasteiger partial charge in [-0.1, -0.05) is 6.42 Å². The largest absolute Gasteiger partial charge is 0.481 e. The summed E-state index contributed by atoms with van der Waals surface area (Å²) in [6.07, 6.45) is 3.70. The van der Waals surface area contributed by atoms with E-state index in [0.29, 0.717) is 23.6 Å². The van der Waals surface area contributed by atoms with Crippen molar-refractivity contribution in [3.8, 4) is 0 Å². The molecule has 16 heavy (non-hydrogen) atoms. The van der Waals surface area contributed by atoms with Crippen molar-refractivity contribution in [1.29, 1.82) is 0 Å². The van der Waals surface area contributed by atoms with Gasteiger partial charge >= 0.3 is 5.97 Å². The molecule has 0 radical (unpaired) electrons. The van der Waals surface area contributed by atoms with Crippen molar-refractivity contribution < 1.29 is 14.7 Å². The molecule has 2 aliphatic rings. The molecule has 2 aliphatic heterocycles. The molecule has 0 aliphatic carbocycles. The molecule has 0 saturated carbocycles. The number of thioether (sulfide) groups is 1. The molecule has 3 atom stereocenters. The molecule has 2 fully saturated rings. The van der Waals surface area contributed by atoms with Crippen LogP contribution in [0.4, 0.5) is 0 Å². The highest BCUT2D eigenvalue weighted by molar-refractivity contribution is 8.00. The second-order valence-electron chi connectivity index (χ2n) is 4.55. The fourth-order valence-corrected chi connectivity index (χ4v) is 4.21. The van der Waals surface area contributed by atoms with E-state index in [1.807, 2.05) is 11.8 Å². The summed E-state index contributed by atoms with van der Waals surface area (Å²) in [7, 11) is 0. The zero-order valence-corrected chi connectivity index (χ0v) is 9.96. The molecule has 90 valence electrons. The number of carbonyl (C=O) groups excluding carboxylic acids is 1. The number of hydrogen-bond acceptors (Lipinski definition) is 3. The first-order valence-corrected chi connectivity index (χ1v) is 6.84. The van der Waals surface area contributed by atoms with Crippen LogP contribution in [-0.4, -0.2) is 34.0 Å². The first-order chi connectivity index (χ1) is 7.66. The minimum atomic E-state index is -0.713. The molecular formula is C11H17NO3S. The van der Waals surface area contributed by atoms with Gasteiger partial charge in [-0.25, -0.2) is 0 Å². The Hall–Kier alpha value is -0.710. The quantitative estimate of drug-likeness (QED) is 0.713. The number of fused-ring (bicyclic) bond motifs is 1. The summed E-state index contributed by atoms with van der Waals surface area (Å²) < 4.78 is 0. The molecule has 0 aromatic rings. The predicted molar refractivity (Wildman–Crippen MR) is 62.4 cm³/mol. The van der Waals surface area contributed by atoms with Gasteiger partial charge in [0.25, 0.3) is 0 Å². The zero-order valence-electron chi connectivity index (χ0n) is 9.15. The lowest BCUT2D eigenvalue weighted by Gasteiger charge is -2.15. The van der Waals surface area contributed by atoms with Gasteiger partial charge in [0, 0.05) is 35.8 Å². The van der Waals surface area contributed by atoms with Crippen LogP contribution in [0.2, 0.25) is 0 Å². The molecule has 0 aromatic carbocycles. The van der Waals surface area contributed by atoms with Gasteiger partial charge in [-0.3, -0.25) is 9.59 Å². The number of nitrogens with one attached hydrogen (secondary N) is 1. The van der Waals surface area contributed by atoms with Crippen LogP contribution in [0.25, 0.3) is 0 Å². The third-order valence-electron chi connectivity index (χ3n) is 3.38. The Bertz CT molecular complexity index is 295. The summed E-state index contributed by atoms with van der Waals surface area (Å²) in [5.41, 5.74) is 0. The molecule has 0 spiro atoms. The highest BCUT2D eigenvalue weighted by atomic mass is 32.2. The number of rotatable bonds is 5. The normalized spacial score (nSPS) is 32.5. The van der Waals surface area contributed by atoms with E-state index >= 15 is 0 Å². The van der Waals surface area contributed by atoms with Gasteiger partial charge in [-0.05, 0) is 12.8 Å². The number of carbonyl (C=O) groups is 2. The van der Waals surface area contributed by atoms with Gasteiger partial charge in [-0.15, -0.1) is 0 Å². The Kier molecular flexibility index (Phi) is 3.74. The van der Waals surface area contributed by atoms with Crippen LogP contribution in [0.5, 0.6) is 0 Å². The SMILES string of the molecule is O=C(O)CCCCC1SCC2NC(=O)CC21. The van der Waals surface area contributed by atoms with Gasteiger partial charge < -0.3 is 10.4 Å². The molecule has 1 amide bonds. The van der Waals surface area contributed by atoms with E-state index in [4.69, 9.17) is 5.11 Å². The van der Waals surface area contributed by atoms with Gasteiger partial charge in [0.05, 0.1) is 0 Å². The number of amides is 1. The first-order valence-electron chi connectivity index (χ1n) is 5.79. The van der Waals surface area contributed by atoms with Crippen molar-refractivity contribution >= 4 is 23.6 Å². The summed E-state index contributed by atoms with van der Waals surface area (Å²) in [6.45, 7) is 0. The van der Waals surface area contributed by atoms with Gasteiger partial charge in [0.2, 0.25) is 5.91 Å². The minimum Gasteiger partial charge on any atom is -0.481 e. The first kappa shape index (κ1) is 11.8. The van der Waals surface area contributed by atoms with Crippen LogP contribution >= 0.6 is 11.8 Å². The Morgan fingerprint density at radius 1 is 1.50 bits per heavy atom. The second-order valence-corrected chi connectivity index (χ2v) is 5.83. The number of carboxylic acid groups (broad SMARTS) is 1. The Balaban J connectivity index is 1.70. The van der Waals surface area contributed by atoms with Gasteiger partial charge in [-0.2, -0.15) is 11.8 Å². The van der Waals surface area contributed by atoms with Crippen molar-refractivity contribution in [3.63, 3.8) is 0 Å². The van der Waals surface area contributed by atoms with Crippen LogP contribution in [0.1, 0.15) is 32.1 Å². The molecule has 2 heterocycles. The maximum absolute atomic E-state index is 11.2. The lowest BCUT2D eigenvalue weighted by Crippen LogP contribution is -2.29. The van der Waals surface area contributed by atoms with Crippen LogP contribution in [0, 0.1) is 5.92 Å². The summed E-state index contributed by atoms with van der Waals surface area (Å²) in [6, 6.07) is 0.377. The van der Waals surface area contributed by atoms with E-state index in [0.717, 1.165) is 25.0 Å². The summed E-state index contributed by atoms with van der Waals surface area (Å²) >= 11 is 1.93. The van der Waals surface area contributed by atoms with Crippen LogP contribution in [-0.2, 0) is 9.59 Å². The molecule has 2 rings (SSSR count). The lowest BCUT2D eigenvalue weighted by molar-refractivity contribution is -0.137.